The molecular weight excluding hydrogens is 350 g/mol. The Balaban J connectivity index is 1.44. The van der Waals surface area contributed by atoms with Gasteiger partial charge < -0.3 is 14.0 Å². The molecule has 0 radical (unpaired) electrons. The molecule has 2 bridgehead atoms. The molecule has 6 rings (SSSR count). The van der Waals surface area contributed by atoms with Crippen molar-refractivity contribution in [2.24, 2.45) is 5.92 Å². The van der Waals surface area contributed by atoms with Gasteiger partial charge in [-0.25, -0.2) is 0 Å². The van der Waals surface area contributed by atoms with Crippen LogP contribution >= 0.6 is 0 Å². The lowest BCUT2D eigenvalue weighted by Crippen LogP contribution is -2.64. The van der Waals surface area contributed by atoms with Gasteiger partial charge in [-0.1, -0.05) is 43.0 Å². The van der Waals surface area contributed by atoms with Gasteiger partial charge in [0.1, 0.15) is 24.0 Å². The van der Waals surface area contributed by atoms with Crippen LogP contribution in [0.15, 0.2) is 61.2 Å². The topological polar surface area (TPSA) is 35.5 Å². The maximum Gasteiger partial charge on any atom is 0.318 e. The molecule has 4 heterocycles. The molecule has 0 amide bonds. The van der Waals surface area contributed by atoms with E-state index in [0.717, 1.165) is 53.0 Å². The summed E-state index contributed by atoms with van der Waals surface area (Å²) in [5.74, 6) is 1.39. The summed E-state index contributed by atoms with van der Waals surface area (Å²) < 4.78 is 13.2. The van der Waals surface area contributed by atoms with E-state index in [2.05, 4.69) is 6.58 Å². The van der Waals surface area contributed by atoms with Gasteiger partial charge in [0.05, 0.1) is 19.6 Å². The molecule has 0 aliphatic carbocycles. The molecule has 3 saturated heterocycles. The molecule has 2 aromatic carbocycles. The highest BCUT2D eigenvalue weighted by atomic mass is 16.5. The second-order valence-corrected chi connectivity index (χ2v) is 8.37. The molecule has 144 valence electrons. The van der Waals surface area contributed by atoms with E-state index in [4.69, 9.17) is 9.47 Å². The number of benzene rings is 2. The number of ether oxygens (including phenoxy) is 2. The van der Waals surface area contributed by atoms with Crippen LogP contribution in [0, 0.1) is 5.92 Å². The van der Waals surface area contributed by atoms with Crippen molar-refractivity contribution >= 4 is 5.97 Å². The van der Waals surface area contributed by atoms with Gasteiger partial charge in [-0.3, -0.25) is 4.79 Å². The Labute approximate surface area is 166 Å². The average Bonchev–Trinajstić information content (AvgIpc) is 2.72. The normalized spacial score (nSPS) is 28.0. The van der Waals surface area contributed by atoms with Crippen molar-refractivity contribution in [2.75, 3.05) is 26.2 Å². The van der Waals surface area contributed by atoms with Crippen molar-refractivity contribution in [3.63, 3.8) is 0 Å². The summed E-state index contributed by atoms with van der Waals surface area (Å²) in [6.45, 7) is 8.16. The maximum absolute atomic E-state index is 13.4. The van der Waals surface area contributed by atoms with Crippen molar-refractivity contribution < 1.29 is 18.8 Å². The lowest BCUT2D eigenvalue weighted by atomic mass is 9.82. The lowest BCUT2D eigenvalue weighted by molar-refractivity contribution is -0.941. The summed E-state index contributed by atoms with van der Waals surface area (Å²) in [4.78, 5) is 13.4. The van der Waals surface area contributed by atoms with Crippen LogP contribution in [0.3, 0.4) is 0 Å². The molecule has 3 fully saturated rings. The van der Waals surface area contributed by atoms with Crippen LogP contribution in [-0.2, 0) is 9.53 Å². The molecule has 1 atom stereocenters. The first-order valence-corrected chi connectivity index (χ1v) is 10.2. The van der Waals surface area contributed by atoms with Crippen molar-refractivity contribution in [3.8, 4) is 11.5 Å². The van der Waals surface area contributed by atoms with Gasteiger partial charge in [0.2, 0.25) is 0 Å². The molecule has 4 nitrogen and oxygen atoms in total. The zero-order valence-electron chi connectivity index (χ0n) is 16.0. The summed E-state index contributed by atoms with van der Waals surface area (Å²) >= 11 is 0. The molecule has 2 aromatic rings. The second kappa shape index (κ2) is 6.78. The first-order chi connectivity index (χ1) is 13.7. The molecule has 4 heteroatoms. The molecule has 28 heavy (non-hydrogen) atoms. The van der Waals surface area contributed by atoms with Crippen molar-refractivity contribution in [3.05, 3.63) is 72.3 Å². The van der Waals surface area contributed by atoms with Crippen molar-refractivity contribution in [1.82, 2.24) is 0 Å². The van der Waals surface area contributed by atoms with Gasteiger partial charge in [0.25, 0.3) is 0 Å². The lowest BCUT2D eigenvalue weighted by Gasteiger charge is -2.51. The number of rotatable bonds is 4. The number of esters is 1. The number of para-hydroxylation sites is 2. The molecule has 4 aliphatic rings. The monoisotopic (exact) mass is 376 g/mol. The van der Waals surface area contributed by atoms with E-state index < -0.39 is 5.92 Å². The molecule has 0 unspecified atom stereocenters. The van der Waals surface area contributed by atoms with E-state index in [1.54, 1.807) is 0 Å². The molecule has 0 aromatic heterocycles. The largest absolute Gasteiger partial charge is 0.457 e. The average molecular weight is 376 g/mol. The van der Waals surface area contributed by atoms with E-state index in [1.807, 2.05) is 54.6 Å². The van der Waals surface area contributed by atoms with Crippen LogP contribution < -0.4 is 4.74 Å². The molecule has 0 spiro atoms. The number of piperidine rings is 3. The Bertz CT molecular complexity index is 868. The van der Waals surface area contributed by atoms with E-state index in [-0.39, 0.29) is 12.1 Å². The third-order valence-corrected chi connectivity index (χ3v) is 6.74. The fourth-order valence-corrected chi connectivity index (χ4v) is 5.27. The van der Waals surface area contributed by atoms with Gasteiger partial charge in [-0.05, 0) is 18.2 Å². The van der Waals surface area contributed by atoms with E-state index in [0.29, 0.717) is 5.92 Å². The zero-order valence-corrected chi connectivity index (χ0v) is 16.0. The quantitative estimate of drug-likeness (QED) is 0.454. The summed E-state index contributed by atoms with van der Waals surface area (Å²) in [6, 6.07) is 15.6. The van der Waals surface area contributed by atoms with Crippen LogP contribution in [0.4, 0.5) is 0 Å². The predicted molar refractivity (Wildman–Crippen MR) is 107 cm³/mol. The summed E-state index contributed by atoms with van der Waals surface area (Å²) in [5.41, 5.74) is 1.78. The fourth-order valence-electron chi connectivity index (χ4n) is 5.27. The minimum absolute atomic E-state index is 0.00267. The summed E-state index contributed by atoms with van der Waals surface area (Å²) in [7, 11) is 0. The molecule has 0 N–H and O–H groups in total. The third-order valence-electron chi connectivity index (χ3n) is 6.74. The number of hydrogen-bond acceptors (Lipinski definition) is 3. The van der Waals surface area contributed by atoms with E-state index in [9.17, 15) is 4.79 Å². The zero-order chi connectivity index (χ0) is 19.1. The maximum atomic E-state index is 13.4. The second-order valence-electron chi connectivity index (χ2n) is 8.37. The first kappa shape index (κ1) is 17.5. The Hall–Kier alpha value is -2.59. The number of fused-ring (bicyclic) bond motifs is 5. The molecule has 4 aliphatic heterocycles. The van der Waals surface area contributed by atoms with Crippen LogP contribution in [0.2, 0.25) is 0 Å². The summed E-state index contributed by atoms with van der Waals surface area (Å²) in [6.07, 6.45) is 4.27. The fraction of sp³-hybridized carbons (Fsp3) is 0.375. The molecule has 0 saturated carbocycles. The number of hydrogen-bond donors (Lipinski definition) is 0. The minimum atomic E-state index is -0.426. The Kier molecular flexibility index (Phi) is 4.24. The van der Waals surface area contributed by atoms with Crippen molar-refractivity contribution in [1.29, 1.82) is 0 Å². The van der Waals surface area contributed by atoms with Crippen molar-refractivity contribution in [2.45, 2.75) is 24.9 Å². The van der Waals surface area contributed by atoms with Crippen LogP contribution in [0.25, 0.3) is 0 Å². The van der Waals surface area contributed by atoms with Gasteiger partial charge in [0, 0.05) is 29.9 Å². The molecular formula is C24H26NO3+. The highest BCUT2D eigenvalue weighted by molar-refractivity contribution is 5.85. The highest BCUT2D eigenvalue weighted by Gasteiger charge is 2.48. The SMILES string of the molecule is C=CC[N+]12CCC(CC1)[C@@H](OC(=O)C1c3ccccc3Oc3ccccc31)C2. The van der Waals surface area contributed by atoms with Gasteiger partial charge in [-0.15, -0.1) is 0 Å². The third kappa shape index (κ3) is 2.83. The smallest absolute Gasteiger partial charge is 0.318 e. The van der Waals surface area contributed by atoms with Crippen LogP contribution in [0.5, 0.6) is 11.5 Å². The van der Waals surface area contributed by atoms with Crippen LogP contribution in [-0.4, -0.2) is 42.7 Å². The predicted octanol–water partition coefficient (Wildman–Crippen LogP) is 4.26. The summed E-state index contributed by atoms with van der Waals surface area (Å²) in [5, 5.41) is 0. The van der Waals surface area contributed by atoms with E-state index >= 15 is 0 Å². The Morgan fingerprint density at radius 1 is 1.07 bits per heavy atom. The van der Waals surface area contributed by atoms with Gasteiger partial charge in [-0.2, -0.15) is 0 Å². The Morgan fingerprint density at radius 3 is 2.29 bits per heavy atom. The number of nitrogens with zero attached hydrogens (tertiary/aromatic N) is 1. The standard InChI is InChI=1S/C24H26NO3/c1-2-13-25-14-11-17(12-15-25)22(16-25)28-24(26)23-18-7-3-5-9-20(18)27-21-10-6-4-8-19(21)23/h2-10,17,22-23H,1,11-16H2/q+1/t17?,22-,25?/m0/s1. The van der Waals surface area contributed by atoms with Crippen LogP contribution in [0.1, 0.15) is 29.9 Å². The minimum Gasteiger partial charge on any atom is -0.457 e. The number of quaternary nitrogens is 1. The van der Waals surface area contributed by atoms with Gasteiger partial charge in [0.15, 0.2) is 6.10 Å². The first-order valence-electron chi connectivity index (χ1n) is 10.2. The number of carbonyl (C=O) groups excluding carboxylic acids is 1. The van der Waals surface area contributed by atoms with E-state index in [1.165, 1.54) is 13.1 Å². The number of carbonyl (C=O) groups is 1. The Morgan fingerprint density at radius 2 is 1.68 bits per heavy atom. The highest BCUT2D eigenvalue weighted by Crippen LogP contribution is 2.45. The van der Waals surface area contributed by atoms with Gasteiger partial charge >= 0.3 is 5.97 Å².